The van der Waals surface area contributed by atoms with E-state index in [1.54, 1.807) is 12.3 Å². The molecule has 4 nitrogen and oxygen atoms in total. The van der Waals surface area contributed by atoms with Crippen molar-refractivity contribution in [1.82, 2.24) is 10.3 Å². The van der Waals surface area contributed by atoms with Gasteiger partial charge in [0.2, 0.25) is 5.91 Å². The fourth-order valence-electron chi connectivity index (χ4n) is 1.71. The van der Waals surface area contributed by atoms with Crippen molar-refractivity contribution in [3.63, 3.8) is 0 Å². The van der Waals surface area contributed by atoms with Gasteiger partial charge in [0.25, 0.3) is 0 Å². The molecule has 1 aromatic carbocycles. The lowest BCUT2D eigenvalue weighted by atomic mass is 10.3. The molecule has 1 aromatic heterocycles. The average Bonchev–Trinajstić information content (AvgIpc) is 2.50. The van der Waals surface area contributed by atoms with E-state index in [0.717, 1.165) is 5.69 Å². The third-order valence-electron chi connectivity index (χ3n) is 2.79. The molecule has 21 heavy (non-hydrogen) atoms. The van der Waals surface area contributed by atoms with Crippen LogP contribution in [0.3, 0.4) is 0 Å². The van der Waals surface area contributed by atoms with Crippen LogP contribution in [0.25, 0.3) is 0 Å². The highest BCUT2D eigenvalue weighted by atomic mass is 35.5. The minimum atomic E-state index is -0.463. The Balaban J connectivity index is 1.70. The normalized spacial score (nSPS) is 10.2. The zero-order chi connectivity index (χ0) is 15.1. The van der Waals surface area contributed by atoms with Crippen molar-refractivity contribution >= 4 is 23.2 Å². The molecule has 1 heterocycles. The van der Waals surface area contributed by atoms with Gasteiger partial charge in [0.05, 0.1) is 17.3 Å². The molecular weight excluding hydrogens is 293 g/mol. The fourth-order valence-corrected chi connectivity index (χ4v) is 1.89. The van der Waals surface area contributed by atoms with Crippen molar-refractivity contribution in [3.8, 4) is 0 Å². The number of carbonyl (C=O) groups excluding carboxylic acids is 1. The summed E-state index contributed by atoms with van der Waals surface area (Å²) in [6.07, 6.45) is 1.99. The zero-order valence-corrected chi connectivity index (χ0v) is 12.0. The van der Waals surface area contributed by atoms with Gasteiger partial charge in [-0.25, -0.2) is 4.39 Å². The molecule has 6 heteroatoms. The van der Waals surface area contributed by atoms with Crippen molar-refractivity contribution in [1.29, 1.82) is 0 Å². The summed E-state index contributed by atoms with van der Waals surface area (Å²) in [5.74, 6) is -0.545. The number of nitrogens with one attached hydrogen (secondary N) is 2. The Morgan fingerprint density at radius 2 is 2.14 bits per heavy atom. The fraction of sp³-hybridized carbons (Fsp3) is 0.200. The monoisotopic (exact) mass is 307 g/mol. The van der Waals surface area contributed by atoms with Gasteiger partial charge < -0.3 is 10.6 Å². The molecule has 1 amide bonds. The smallest absolute Gasteiger partial charge is 0.222 e. The number of hydrogen-bond acceptors (Lipinski definition) is 3. The number of anilines is 1. The Morgan fingerprint density at radius 3 is 2.86 bits per heavy atom. The highest BCUT2D eigenvalue weighted by molar-refractivity contribution is 6.31. The SMILES string of the molecule is O=C(CCNc1ccc(F)c(Cl)c1)NCc1ccccn1. The van der Waals surface area contributed by atoms with Gasteiger partial charge in [0.1, 0.15) is 5.82 Å². The summed E-state index contributed by atoms with van der Waals surface area (Å²) in [6, 6.07) is 9.89. The van der Waals surface area contributed by atoms with Gasteiger partial charge in [-0.05, 0) is 30.3 Å². The molecule has 0 saturated carbocycles. The second-order valence-electron chi connectivity index (χ2n) is 4.40. The maximum Gasteiger partial charge on any atom is 0.222 e. The summed E-state index contributed by atoms with van der Waals surface area (Å²) in [5, 5.41) is 5.85. The number of aromatic nitrogens is 1. The second kappa shape index (κ2) is 7.59. The number of pyridine rings is 1. The first-order chi connectivity index (χ1) is 10.1. The highest BCUT2D eigenvalue weighted by Crippen LogP contribution is 2.19. The predicted molar refractivity (Wildman–Crippen MR) is 80.6 cm³/mol. The molecule has 0 aliphatic rings. The van der Waals surface area contributed by atoms with Crippen LogP contribution in [0.15, 0.2) is 42.6 Å². The molecule has 0 bridgehead atoms. The van der Waals surface area contributed by atoms with E-state index in [4.69, 9.17) is 11.6 Å². The quantitative estimate of drug-likeness (QED) is 0.862. The summed E-state index contributed by atoms with van der Waals surface area (Å²) < 4.78 is 13.0. The summed E-state index contributed by atoms with van der Waals surface area (Å²) in [4.78, 5) is 15.8. The molecule has 0 aliphatic carbocycles. The van der Waals surface area contributed by atoms with Crippen LogP contribution in [0.5, 0.6) is 0 Å². The van der Waals surface area contributed by atoms with Gasteiger partial charge in [0, 0.05) is 24.8 Å². The van der Waals surface area contributed by atoms with Gasteiger partial charge in [-0.2, -0.15) is 0 Å². The maximum absolute atomic E-state index is 13.0. The van der Waals surface area contributed by atoms with Gasteiger partial charge in [-0.3, -0.25) is 9.78 Å². The highest BCUT2D eigenvalue weighted by Gasteiger charge is 2.03. The van der Waals surface area contributed by atoms with Crippen LogP contribution in [0.2, 0.25) is 5.02 Å². The molecule has 2 aromatic rings. The third-order valence-corrected chi connectivity index (χ3v) is 3.08. The number of carbonyl (C=O) groups is 1. The van der Waals surface area contributed by atoms with Gasteiger partial charge in [-0.1, -0.05) is 17.7 Å². The van der Waals surface area contributed by atoms with Gasteiger partial charge in [0.15, 0.2) is 0 Å². The number of halogens is 2. The topological polar surface area (TPSA) is 54.0 Å². The summed E-state index contributed by atoms with van der Waals surface area (Å²) >= 11 is 5.67. The van der Waals surface area contributed by atoms with E-state index in [1.807, 2.05) is 18.2 Å². The van der Waals surface area contributed by atoms with Crippen LogP contribution in [-0.2, 0) is 11.3 Å². The van der Waals surface area contributed by atoms with Crippen LogP contribution >= 0.6 is 11.6 Å². The lowest BCUT2D eigenvalue weighted by Gasteiger charge is -2.08. The van der Waals surface area contributed by atoms with Crippen molar-refractivity contribution < 1.29 is 9.18 Å². The van der Waals surface area contributed by atoms with E-state index in [1.165, 1.54) is 12.1 Å². The Morgan fingerprint density at radius 1 is 1.29 bits per heavy atom. The summed E-state index contributed by atoms with van der Waals surface area (Å²) in [5.41, 5.74) is 1.49. The van der Waals surface area contributed by atoms with Crippen LogP contribution in [0, 0.1) is 5.82 Å². The maximum atomic E-state index is 13.0. The van der Waals surface area contributed by atoms with E-state index in [2.05, 4.69) is 15.6 Å². The molecule has 0 aliphatic heterocycles. The molecule has 0 saturated heterocycles. The van der Waals surface area contributed by atoms with Crippen molar-refractivity contribution in [2.24, 2.45) is 0 Å². The molecule has 110 valence electrons. The van der Waals surface area contributed by atoms with E-state index >= 15 is 0 Å². The lowest BCUT2D eigenvalue weighted by molar-refractivity contribution is -0.121. The van der Waals surface area contributed by atoms with Crippen LogP contribution in [0.4, 0.5) is 10.1 Å². The molecule has 2 rings (SSSR count). The van der Waals surface area contributed by atoms with Crippen LogP contribution in [-0.4, -0.2) is 17.4 Å². The van der Waals surface area contributed by atoms with Gasteiger partial charge in [-0.15, -0.1) is 0 Å². The van der Waals surface area contributed by atoms with Crippen molar-refractivity contribution in [2.75, 3.05) is 11.9 Å². The molecule has 0 unspecified atom stereocenters. The Hall–Kier alpha value is -2.14. The molecule has 0 spiro atoms. The standard InChI is InChI=1S/C15H15ClFN3O/c16-13-9-11(4-5-14(13)17)19-8-6-15(21)20-10-12-3-1-2-7-18-12/h1-5,7,9,19H,6,8,10H2,(H,20,21). The van der Waals surface area contributed by atoms with Crippen molar-refractivity contribution in [2.45, 2.75) is 13.0 Å². The zero-order valence-electron chi connectivity index (χ0n) is 11.3. The number of rotatable bonds is 6. The summed E-state index contributed by atoms with van der Waals surface area (Å²) in [6.45, 7) is 0.845. The largest absolute Gasteiger partial charge is 0.384 e. The molecule has 0 radical (unpaired) electrons. The Kier molecular flexibility index (Phi) is 5.51. The average molecular weight is 308 g/mol. The first-order valence-electron chi connectivity index (χ1n) is 6.50. The van der Waals surface area contributed by atoms with E-state index in [9.17, 15) is 9.18 Å². The number of benzene rings is 1. The molecule has 0 fully saturated rings. The number of nitrogens with zero attached hydrogens (tertiary/aromatic N) is 1. The molecular formula is C15H15ClFN3O. The number of amides is 1. The Bertz CT molecular complexity index is 607. The first-order valence-corrected chi connectivity index (χ1v) is 6.88. The number of hydrogen-bond donors (Lipinski definition) is 2. The van der Waals surface area contributed by atoms with Gasteiger partial charge >= 0.3 is 0 Å². The first kappa shape index (κ1) is 15.3. The molecule has 2 N–H and O–H groups in total. The van der Waals surface area contributed by atoms with Crippen LogP contribution < -0.4 is 10.6 Å². The Labute approximate surface area is 127 Å². The van der Waals surface area contributed by atoms with E-state index < -0.39 is 5.82 Å². The van der Waals surface area contributed by atoms with Crippen molar-refractivity contribution in [3.05, 3.63) is 59.1 Å². The lowest BCUT2D eigenvalue weighted by Crippen LogP contribution is -2.25. The predicted octanol–water partition coefficient (Wildman–Crippen LogP) is 2.99. The third kappa shape index (κ3) is 5.04. The summed E-state index contributed by atoms with van der Waals surface area (Å²) in [7, 11) is 0. The minimum absolute atomic E-state index is 0.0552. The minimum Gasteiger partial charge on any atom is -0.384 e. The molecule has 0 atom stereocenters. The van der Waals surface area contributed by atoms with Crippen LogP contribution in [0.1, 0.15) is 12.1 Å². The van der Waals surface area contributed by atoms with E-state index in [-0.39, 0.29) is 10.9 Å². The second-order valence-corrected chi connectivity index (χ2v) is 4.81. The van der Waals surface area contributed by atoms with E-state index in [0.29, 0.717) is 25.2 Å².